The van der Waals surface area contributed by atoms with Gasteiger partial charge >= 0.3 is 18.2 Å². The van der Waals surface area contributed by atoms with Crippen LogP contribution in [0.4, 0.5) is 23.7 Å². The minimum absolute atomic E-state index is 0.00572. The number of urea groups is 1. The third-order valence-corrected chi connectivity index (χ3v) is 8.31. The van der Waals surface area contributed by atoms with Crippen LogP contribution in [0.1, 0.15) is 37.5 Å². The molecule has 0 spiro atoms. The van der Waals surface area contributed by atoms with Crippen molar-refractivity contribution in [2.45, 2.75) is 50.9 Å². The van der Waals surface area contributed by atoms with Crippen molar-refractivity contribution in [1.82, 2.24) is 10.2 Å². The van der Waals surface area contributed by atoms with Gasteiger partial charge in [0, 0.05) is 37.8 Å². The minimum atomic E-state index is -4.42. The molecule has 3 atom stereocenters. The molecule has 11 heteroatoms. The number of fused-ring (bicyclic) bond motifs is 1. The molecule has 0 aromatic heterocycles. The summed E-state index contributed by atoms with van der Waals surface area (Å²) in [7, 11) is 0. The monoisotopic (exact) mass is 625 g/mol. The van der Waals surface area contributed by atoms with Crippen molar-refractivity contribution in [2.75, 3.05) is 31.6 Å². The maximum absolute atomic E-state index is 12.7. The molecule has 240 valence electrons. The normalized spacial score (nSPS) is 19.9. The molecule has 1 saturated carbocycles. The number of alkyl halides is 3. The van der Waals surface area contributed by atoms with E-state index in [1.165, 1.54) is 12.1 Å². The fourth-order valence-corrected chi connectivity index (χ4v) is 5.65. The maximum Gasteiger partial charge on any atom is 0.416 e. The molecule has 1 aliphatic heterocycles. The number of carbonyl (C=O) groups is 2. The first-order valence-corrected chi connectivity index (χ1v) is 15.0. The van der Waals surface area contributed by atoms with Crippen LogP contribution in [0.2, 0.25) is 0 Å². The van der Waals surface area contributed by atoms with Crippen LogP contribution in [0.15, 0.2) is 72.8 Å². The lowest BCUT2D eigenvalue weighted by Gasteiger charge is -2.21. The molecule has 0 bridgehead atoms. The Labute approximate surface area is 260 Å². The second-order valence-corrected chi connectivity index (χ2v) is 12.6. The highest BCUT2D eigenvalue weighted by Crippen LogP contribution is 2.45. The van der Waals surface area contributed by atoms with Gasteiger partial charge in [-0.3, -0.25) is 0 Å². The fourth-order valence-electron chi connectivity index (χ4n) is 5.65. The van der Waals surface area contributed by atoms with E-state index in [1.54, 1.807) is 17.0 Å². The number of rotatable bonds is 11. The number of hydrogen-bond acceptors (Lipinski definition) is 5. The summed E-state index contributed by atoms with van der Waals surface area (Å²) in [4.78, 5) is 26.1. The zero-order valence-electron chi connectivity index (χ0n) is 25.4. The van der Waals surface area contributed by atoms with Crippen molar-refractivity contribution in [3.63, 3.8) is 0 Å². The lowest BCUT2D eigenvalue weighted by atomic mass is 9.87. The summed E-state index contributed by atoms with van der Waals surface area (Å²) in [6.07, 6.45) is -5.23. The quantitative estimate of drug-likeness (QED) is 0.219. The number of halogens is 3. The fraction of sp³-hybridized carbons (Fsp3) is 0.412. The molecule has 0 radical (unpaired) electrons. The highest BCUT2D eigenvalue weighted by molar-refractivity contribution is 5.89. The van der Waals surface area contributed by atoms with Crippen LogP contribution in [0.3, 0.4) is 0 Å². The number of carboxylic acid groups (broad SMARTS) is 1. The third kappa shape index (κ3) is 8.27. The first-order chi connectivity index (χ1) is 21.3. The molecule has 5 rings (SSSR count). The van der Waals surface area contributed by atoms with Gasteiger partial charge in [0.1, 0.15) is 18.1 Å². The average molecular weight is 626 g/mol. The Kier molecular flexibility index (Phi) is 9.29. The molecule has 1 aliphatic carbocycles. The van der Waals surface area contributed by atoms with Gasteiger partial charge in [-0.2, -0.15) is 13.2 Å². The molecule has 2 fully saturated rings. The van der Waals surface area contributed by atoms with Crippen molar-refractivity contribution in [3.8, 4) is 11.5 Å². The van der Waals surface area contributed by atoms with Crippen molar-refractivity contribution in [2.24, 2.45) is 11.8 Å². The first kappa shape index (κ1) is 32.2. The third-order valence-electron chi connectivity index (χ3n) is 8.31. The topological polar surface area (TPSA) is 100 Å². The Morgan fingerprint density at radius 2 is 1.47 bits per heavy atom. The van der Waals surface area contributed by atoms with Gasteiger partial charge in [-0.05, 0) is 76.9 Å². The predicted molar refractivity (Wildman–Crippen MR) is 164 cm³/mol. The lowest BCUT2D eigenvalue weighted by molar-refractivity contribution is -0.145. The molecule has 1 heterocycles. The highest BCUT2D eigenvalue weighted by atomic mass is 19.4. The second-order valence-electron chi connectivity index (χ2n) is 12.6. The zero-order valence-corrected chi connectivity index (χ0v) is 25.4. The number of carbonyl (C=O) groups excluding carboxylic acids is 1. The summed E-state index contributed by atoms with van der Waals surface area (Å²) >= 11 is 0. The molecule has 3 aromatic carbocycles. The van der Waals surface area contributed by atoms with E-state index in [2.05, 4.69) is 31.4 Å². The molecule has 2 amide bonds. The van der Waals surface area contributed by atoms with E-state index in [-0.39, 0.29) is 17.9 Å². The Bertz CT molecular complexity index is 1460. The van der Waals surface area contributed by atoms with E-state index < -0.39 is 23.8 Å². The number of benzene rings is 3. The number of nitrogens with zero attached hydrogens (tertiary/aromatic N) is 1. The number of piperidine rings is 1. The molecule has 2 aliphatic rings. The van der Waals surface area contributed by atoms with Gasteiger partial charge in [0.25, 0.3) is 0 Å². The molecule has 1 saturated heterocycles. The Morgan fingerprint density at radius 1 is 0.889 bits per heavy atom. The summed E-state index contributed by atoms with van der Waals surface area (Å²) < 4.78 is 49.9. The lowest BCUT2D eigenvalue weighted by Crippen LogP contribution is -2.38. The first-order valence-electron chi connectivity index (χ1n) is 15.0. The van der Waals surface area contributed by atoms with Crippen molar-refractivity contribution >= 4 is 17.7 Å². The number of aliphatic carboxylic acids is 1. The van der Waals surface area contributed by atoms with Gasteiger partial charge in [-0.25, -0.2) is 9.59 Å². The summed E-state index contributed by atoms with van der Waals surface area (Å²) in [6, 6.07) is 19.2. The highest BCUT2D eigenvalue weighted by Gasteiger charge is 2.56. The number of likely N-dealkylation sites (tertiary alicyclic amines) is 1. The van der Waals surface area contributed by atoms with Gasteiger partial charge in [0.15, 0.2) is 6.10 Å². The van der Waals surface area contributed by atoms with E-state index in [0.29, 0.717) is 61.3 Å². The Hall–Kier alpha value is -4.25. The molecular weight excluding hydrogens is 587 g/mol. The Morgan fingerprint density at radius 3 is 2.02 bits per heavy atom. The van der Waals surface area contributed by atoms with Crippen LogP contribution >= 0.6 is 0 Å². The summed E-state index contributed by atoms with van der Waals surface area (Å²) in [5.74, 6) is 0.825. The standard InChI is InChI=1S/C34H38F3N3O5/c1-33(2,3)22-8-14-26(15-9-22)45-29(31(41)42)18-21-4-12-25(13-5-21)44-17-16-38-30-27-19-40(20-28(27)30)32(43)39-24-10-6-23(7-11-24)34(35,36)37/h4-15,27-30,38H,16-20H2,1-3H3,(H,39,43)(H,41,42)/t27?,28?,29-,30?/m0/s1. The second kappa shape index (κ2) is 13.0. The van der Waals surface area contributed by atoms with Crippen LogP contribution in [-0.4, -0.2) is 60.4 Å². The van der Waals surface area contributed by atoms with Gasteiger partial charge in [0.05, 0.1) is 5.56 Å². The van der Waals surface area contributed by atoms with Crippen LogP contribution in [0.25, 0.3) is 0 Å². The predicted octanol–water partition coefficient (Wildman–Crippen LogP) is 6.21. The van der Waals surface area contributed by atoms with E-state index in [0.717, 1.165) is 23.3 Å². The van der Waals surface area contributed by atoms with Crippen LogP contribution < -0.4 is 20.1 Å². The Balaban J connectivity index is 0.997. The van der Waals surface area contributed by atoms with Gasteiger partial charge in [-0.1, -0.05) is 45.0 Å². The molecule has 3 aromatic rings. The summed E-state index contributed by atoms with van der Waals surface area (Å²) in [5.41, 5.74) is 1.52. The van der Waals surface area contributed by atoms with E-state index in [4.69, 9.17) is 9.47 Å². The van der Waals surface area contributed by atoms with E-state index in [9.17, 15) is 27.9 Å². The van der Waals surface area contributed by atoms with E-state index in [1.807, 2.05) is 36.4 Å². The molecule has 45 heavy (non-hydrogen) atoms. The van der Waals surface area contributed by atoms with Gasteiger partial charge in [-0.15, -0.1) is 0 Å². The number of amides is 2. The number of anilines is 1. The SMILES string of the molecule is CC(C)(C)c1ccc(O[C@@H](Cc2ccc(OCCNC3C4CN(C(=O)Nc5ccc(C(F)(F)F)cc5)CC43)cc2)C(=O)O)cc1. The van der Waals surface area contributed by atoms with Crippen molar-refractivity contribution in [1.29, 1.82) is 0 Å². The minimum Gasteiger partial charge on any atom is -0.492 e. The molecule has 8 nitrogen and oxygen atoms in total. The smallest absolute Gasteiger partial charge is 0.416 e. The molecule has 2 unspecified atom stereocenters. The number of carboxylic acids is 1. The summed E-state index contributed by atoms with van der Waals surface area (Å²) in [6.45, 7) is 8.58. The number of ether oxygens (including phenoxy) is 2. The van der Waals surface area contributed by atoms with Crippen LogP contribution in [0, 0.1) is 11.8 Å². The van der Waals surface area contributed by atoms with Crippen LogP contribution in [0.5, 0.6) is 11.5 Å². The molecule has 3 N–H and O–H groups in total. The largest absolute Gasteiger partial charge is 0.492 e. The van der Waals surface area contributed by atoms with E-state index >= 15 is 0 Å². The zero-order chi connectivity index (χ0) is 32.4. The maximum atomic E-state index is 12.7. The van der Waals surface area contributed by atoms with Crippen molar-refractivity contribution < 1.29 is 37.3 Å². The van der Waals surface area contributed by atoms with Gasteiger partial charge in [0.2, 0.25) is 0 Å². The molecular formula is C34H38F3N3O5. The number of hydrogen-bond donors (Lipinski definition) is 3. The number of nitrogens with one attached hydrogen (secondary N) is 2. The van der Waals surface area contributed by atoms with Crippen LogP contribution in [-0.2, 0) is 22.8 Å². The van der Waals surface area contributed by atoms with Crippen molar-refractivity contribution in [3.05, 3.63) is 89.5 Å². The summed E-state index contributed by atoms with van der Waals surface area (Å²) in [5, 5.41) is 15.8. The van der Waals surface area contributed by atoms with Gasteiger partial charge < -0.3 is 30.1 Å². The average Bonchev–Trinajstić information content (AvgIpc) is 3.42.